The predicted molar refractivity (Wildman–Crippen MR) is 129 cm³/mol. The molecule has 2 atom stereocenters. The quantitative estimate of drug-likeness (QED) is 0.628. The van der Waals surface area contributed by atoms with Gasteiger partial charge < -0.3 is 19.9 Å². The van der Waals surface area contributed by atoms with Gasteiger partial charge in [-0.15, -0.1) is 12.4 Å². The lowest BCUT2D eigenvalue weighted by molar-refractivity contribution is 0.407. The lowest BCUT2D eigenvalue weighted by Crippen LogP contribution is -2.54. The van der Waals surface area contributed by atoms with Gasteiger partial charge in [-0.05, 0) is 64.3 Å². The molecule has 4 rings (SSSR count). The van der Waals surface area contributed by atoms with E-state index >= 15 is 0 Å². The van der Waals surface area contributed by atoms with E-state index in [0.717, 1.165) is 36.7 Å². The summed E-state index contributed by atoms with van der Waals surface area (Å²) in [6.07, 6.45) is 2.25. The summed E-state index contributed by atoms with van der Waals surface area (Å²) in [5.74, 6) is 0. The number of hydrogen-bond donors (Lipinski definition) is 2. The molecule has 0 saturated carbocycles. The monoisotopic (exact) mass is 427 g/mol. The first-order valence-corrected chi connectivity index (χ1v) is 10.6. The number of fused-ring (bicyclic) bond motifs is 1. The molecule has 0 radical (unpaired) electrons. The molecular weight excluding hydrogens is 394 g/mol. The summed E-state index contributed by atoms with van der Waals surface area (Å²) in [5.41, 5.74) is 9.65. The minimum Gasteiger partial charge on any atom is -0.378 e. The van der Waals surface area contributed by atoms with Crippen molar-refractivity contribution < 1.29 is 0 Å². The van der Waals surface area contributed by atoms with Gasteiger partial charge in [0.1, 0.15) is 0 Å². The highest BCUT2D eigenvalue weighted by atomic mass is 35.5. The van der Waals surface area contributed by atoms with Gasteiger partial charge in [0.15, 0.2) is 5.65 Å². The maximum atomic E-state index is 4.86. The van der Waals surface area contributed by atoms with Crippen LogP contribution in [-0.4, -0.2) is 34.6 Å². The lowest BCUT2D eigenvalue weighted by atomic mass is 10.0. The van der Waals surface area contributed by atoms with Crippen molar-refractivity contribution in [3.05, 3.63) is 58.5 Å². The third-order valence-electron chi connectivity index (χ3n) is 6.20. The van der Waals surface area contributed by atoms with Crippen LogP contribution in [0.3, 0.4) is 0 Å². The first-order chi connectivity index (χ1) is 13.8. The standard InChI is InChI=1S/C24H33N5.ClH/c1-15-8-7-9-16(2)22(15)11-25-23-10-21(28-12-17(3)26-18(4)13-28)14-29-20(6)19(5)27-24(23)29;/h7-10,14,17-18,25-26H,11-13H2,1-6H3;1H/t17-,18+;. The SMILES string of the molecule is Cc1cccc(C)c1CNc1cc(N2C[C@@H](C)N[C@@H](C)C2)cn2c(C)c(C)nc12.Cl. The van der Waals surface area contributed by atoms with E-state index in [1.807, 2.05) is 0 Å². The van der Waals surface area contributed by atoms with Crippen molar-refractivity contribution in [2.45, 2.75) is 60.2 Å². The number of piperazine rings is 1. The smallest absolute Gasteiger partial charge is 0.160 e. The van der Waals surface area contributed by atoms with Crippen LogP contribution in [0.1, 0.15) is 41.9 Å². The molecule has 2 N–H and O–H groups in total. The molecule has 0 amide bonds. The number of aryl methyl sites for hydroxylation is 4. The van der Waals surface area contributed by atoms with Gasteiger partial charge in [-0.1, -0.05) is 18.2 Å². The Morgan fingerprint density at radius 1 is 1.07 bits per heavy atom. The van der Waals surface area contributed by atoms with E-state index in [1.54, 1.807) is 0 Å². The number of hydrogen-bond acceptors (Lipinski definition) is 4. The maximum absolute atomic E-state index is 4.86. The van der Waals surface area contributed by atoms with Crippen molar-refractivity contribution in [3.8, 4) is 0 Å². The van der Waals surface area contributed by atoms with Gasteiger partial charge >= 0.3 is 0 Å². The van der Waals surface area contributed by atoms with E-state index < -0.39 is 0 Å². The molecule has 0 spiro atoms. The number of halogens is 1. The van der Waals surface area contributed by atoms with Crippen LogP contribution in [0, 0.1) is 27.7 Å². The molecule has 1 aliphatic heterocycles. The number of aromatic nitrogens is 2. The van der Waals surface area contributed by atoms with E-state index in [2.05, 4.69) is 91.9 Å². The highest BCUT2D eigenvalue weighted by molar-refractivity contribution is 5.85. The number of rotatable bonds is 4. The fraction of sp³-hybridized carbons (Fsp3) is 0.458. The Kier molecular flexibility index (Phi) is 6.63. The van der Waals surface area contributed by atoms with Crippen LogP contribution in [0.25, 0.3) is 5.65 Å². The van der Waals surface area contributed by atoms with Gasteiger partial charge in [0, 0.05) is 43.6 Å². The second kappa shape index (κ2) is 8.86. The van der Waals surface area contributed by atoms with Gasteiger partial charge in [0.25, 0.3) is 0 Å². The minimum atomic E-state index is 0. The van der Waals surface area contributed by atoms with Crippen LogP contribution >= 0.6 is 12.4 Å². The fourth-order valence-corrected chi connectivity index (χ4v) is 4.51. The van der Waals surface area contributed by atoms with Crippen molar-refractivity contribution in [1.82, 2.24) is 14.7 Å². The van der Waals surface area contributed by atoms with E-state index in [4.69, 9.17) is 4.98 Å². The topological polar surface area (TPSA) is 44.6 Å². The molecular formula is C24H34ClN5. The van der Waals surface area contributed by atoms with E-state index in [0.29, 0.717) is 12.1 Å². The number of nitrogens with zero attached hydrogens (tertiary/aromatic N) is 3. The molecule has 3 aromatic rings. The Morgan fingerprint density at radius 3 is 2.33 bits per heavy atom. The van der Waals surface area contributed by atoms with Crippen LogP contribution in [0.2, 0.25) is 0 Å². The van der Waals surface area contributed by atoms with E-state index in [-0.39, 0.29) is 12.4 Å². The molecule has 5 nitrogen and oxygen atoms in total. The third-order valence-corrected chi connectivity index (χ3v) is 6.20. The molecule has 1 aromatic carbocycles. The maximum Gasteiger partial charge on any atom is 0.160 e. The first-order valence-electron chi connectivity index (χ1n) is 10.6. The zero-order chi connectivity index (χ0) is 20.7. The van der Waals surface area contributed by atoms with Crippen molar-refractivity contribution in [3.63, 3.8) is 0 Å². The first kappa shape index (κ1) is 22.4. The Morgan fingerprint density at radius 2 is 1.70 bits per heavy atom. The number of nitrogens with one attached hydrogen (secondary N) is 2. The Hall–Kier alpha value is -2.24. The average Bonchev–Trinajstić information content (AvgIpc) is 2.95. The fourth-order valence-electron chi connectivity index (χ4n) is 4.51. The summed E-state index contributed by atoms with van der Waals surface area (Å²) in [6, 6.07) is 9.73. The molecule has 1 fully saturated rings. The Balaban J connectivity index is 0.00000256. The van der Waals surface area contributed by atoms with Crippen LogP contribution < -0.4 is 15.5 Å². The molecule has 1 aliphatic rings. The lowest BCUT2D eigenvalue weighted by Gasteiger charge is -2.37. The van der Waals surface area contributed by atoms with Crippen molar-refractivity contribution in [1.29, 1.82) is 0 Å². The second-order valence-electron chi connectivity index (χ2n) is 8.69. The van der Waals surface area contributed by atoms with Crippen LogP contribution in [0.5, 0.6) is 0 Å². The number of pyridine rings is 1. The second-order valence-corrected chi connectivity index (χ2v) is 8.69. The van der Waals surface area contributed by atoms with Gasteiger partial charge in [-0.3, -0.25) is 0 Å². The normalized spacial score (nSPS) is 19.1. The zero-order valence-corrected chi connectivity index (χ0v) is 19.7. The summed E-state index contributed by atoms with van der Waals surface area (Å²) in [6.45, 7) is 16.0. The Bertz CT molecular complexity index is 1010. The van der Waals surface area contributed by atoms with Gasteiger partial charge in [0.05, 0.1) is 17.1 Å². The van der Waals surface area contributed by atoms with Crippen molar-refractivity contribution in [2.75, 3.05) is 23.3 Å². The third kappa shape index (κ3) is 4.28. The van der Waals surface area contributed by atoms with Crippen LogP contribution in [-0.2, 0) is 6.54 Å². The average molecular weight is 428 g/mol. The molecule has 162 valence electrons. The minimum absolute atomic E-state index is 0. The largest absolute Gasteiger partial charge is 0.378 e. The summed E-state index contributed by atoms with van der Waals surface area (Å²) < 4.78 is 2.25. The van der Waals surface area contributed by atoms with Gasteiger partial charge in [0.2, 0.25) is 0 Å². The predicted octanol–water partition coefficient (Wildman–Crippen LogP) is 4.79. The summed E-state index contributed by atoms with van der Waals surface area (Å²) in [5, 5.41) is 7.33. The molecule has 6 heteroatoms. The van der Waals surface area contributed by atoms with Crippen molar-refractivity contribution in [2.24, 2.45) is 0 Å². The summed E-state index contributed by atoms with van der Waals surface area (Å²) in [7, 11) is 0. The molecule has 0 aliphatic carbocycles. The van der Waals surface area contributed by atoms with E-state index in [9.17, 15) is 0 Å². The molecule has 2 aromatic heterocycles. The molecule has 30 heavy (non-hydrogen) atoms. The van der Waals surface area contributed by atoms with E-state index in [1.165, 1.54) is 28.1 Å². The molecule has 1 saturated heterocycles. The molecule has 0 bridgehead atoms. The molecule has 3 heterocycles. The highest BCUT2D eigenvalue weighted by Crippen LogP contribution is 2.28. The number of benzene rings is 1. The van der Waals surface area contributed by atoms with Crippen LogP contribution in [0.4, 0.5) is 11.4 Å². The van der Waals surface area contributed by atoms with Crippen LogP contribution in [0.15, 0.2) is 30.5 Å². The van der Waals surface area contributed by atoms with Gasteiger partial charge in [-0.2, -0.15) is 0 Å². The molecule has 0 unspecified atom stereocenters. The van der Waals surface area contributed by atoms with Gasteiger partial charge in [-0.25, -0.2) is 4.98 Å². The number of imidazole rings is 1. The van der Waals surface area contributed by atoms with Crippen molar-refractivity contribution >= 4 is 29.4 Å². The number of anilines is 2. The summed E-state index contributed by atoms with van der Waals surface area (Å²) in [4.78, 5) is 7.35. The highest BCUT2D eigenvalue weighted by Gasteiger charge is 2.23. The zero-order valence-electron chi connectivity index (χ0n) is 18.9. The summed E-state index contributed by atoms with van der Waals surface area (Å²) >= 11 is 0. The Labute approximate surface area is 186 Å².